The minimum Gasteiger partial charge on any atom is -0.506 e. The van der Waals surface area contributed by atoms with E-state index in [-0.39, 0.29) is 23.7 Å². The smallest absolute Gasteiger partial charge is 0.353 e. The van der Waals surface area contributed by atoms with E-state index in [1.54, 1.807) is 31.2 Å². The summed E-state index contributed by atoms with van der Waals surface area (Å²) in [6.07, 6.45) is 0.246. The molecule has 0 aliphatic carbocycles. The summed E-state index contributed by atoms with van der Waals surface area (Å²) in [4.78, 5) is 46.2. The minimum atomic E-state index is -1.18. The molecule has 0 amide bonds. The van der Waals surface area contributed by atoms with E-state index in [2.05, 4.69) is 10.1 Å². The summed E-state index contributed by atoms with van der Waals surface area (Å²) in [7, 11) is 0. The Hall–Kier alpha value is -3.42. The Morgan fingerprint density at radius 2 is 1.73 bits per heavy atom. The third kappa shape index (κ3) is 3.97. The molecule has 1 aliphatic rings. The summed E-state index contributed by atoms with van der Waals surface area (Å²) >= 11 is 0. The fraction of sp³-hybridized carbons (Fsp3) is 0.222. The molecule has 0 bridgehead atoms. The van der Waals surface area contributed by atoms with E-state index in [0.717, 1.165) is 6.92 Å². The maximum absolute atomic E-state index is 11.9. The molecule has 8 heteroatoms. The number of ether oxygens (including phenoxy) is 2. The van der Waals surface area contributed by atoms with Gasteiger partial charge in [-0.25, -0.2) is 9.59 Å². The maximum atomic E-state index is 11.9. The molecular formula is C18H17NO7. The first-order chi connectivity index (χ1) is 12.2. The highest BCUT2D eigenvalue weighted by Crippen LogP contribution is 2.26. The maximum Gasteiger partial charge on any atom is 0.353 e. The van der Waals surface area contributed by atoms with Gasteiger partial charge in [0, 0.05) is 17.8 Å². The largest absolute Gasteiger partial charge is 0.506 e. The zero-order chi connectivity index (χ0) is 19.4. The van der Waals surface area contributed by atoms with Crippen molar-refractivity contribution in [1.82, 2.24) is 0 Å². The number of aliphatic hydroxyl groups excluding tert-OH is 1. The summed E-state index contributed by atoms with van der Waals surface area (Å²) in [6, 6.07) is 6.28. The molecule has 2 N–H and O–H groups in total. The molecule has 1 aromatic carbocycles. The van der Waals surface area contributed by atoms with E-state index in [1.807, 2.05) is 0 Å². The molecule has 0 saturated heterocycles. The lowest BCUT2D eigenvalue weighted by atomic mass is 10.0. The molecule has 0 fully saturated rings. The van der Waals surface area contributed by atoms with Crippen molar-refractivity contribution in [3.63, 3.8) is 0 Å². The summed E-state index contributed by atoms with van der Waals surface area (Å²) in [5.41, 5.74) is -0.191. The van der Waals surface area contributed by atoms with Crippen molar-refractivity contribution in [2.75, 3.05) is 5.32 Å². The standard InChI is InChI=1S/C18H17NO7/c1-4-13(21)25-12-7-5-11(6-8-12)19-9(2)14-16(22)15(10(3)20)18(24)26-17(14)23/h5-8,19,22H,4H2,1-3H3. The first-order valence-corrected chi connectivity index (χ1v) is 7.74. The van der Waals surface area contributed by atoms with Gasteiger partial charge in [-0.05, 0) is 38.1 Å². The molecule has 136 valence electrons. The number of benzene rings is 1. The van der Waals surface area contributed by atoms with Gasteiger partial charge in [-0.1, -0.05) is 6.92 Å². The second kappa shape index (κ2) is 7.64. The number of Topliss-reactive ketones (excluding diaryl/α,β-unsaturated/α-hetero) is 1. The van der Waals surface area contributed by atoms with Crippen LogP contribution in [0.25, 0.3) is 0 Å². The quantitative estimate of drug-likeness (QED) is 0.270. The zero-order valence-electron chi connectivity index (χ0n) is 14.4. The molecule has 8 nitrogen and oxygen atoms in total. The number of rotatable bonds is 5. The Morgan fingerprint density at radius 1 is 1.12 bits per heavy atom. The van der Waals surface area contributed by atoms with Crippen molar-refractivity contribution in [3.8, 4) is 5.75 Å². The van der Waals surface area contributed by atoms with Gasteiger partial charge in [-0.2, -0.15) is 0 Å². The monoisotopic (exact) mass is 359 g/mol. The van der Waals surface area contributed by atoms with E-state index in [1.165, 1.54) is 6.92 Å². The van der Waals surface area contributed by atoms with Crippen LogP contribution in [-0.2, 0) is 23.9 Å². The molecule has 2 rings (SSSR count). The van der Waals surface area contributed by atoms with Crippen LogP contribution in [0.15, 0.2) is 46.9 Å². The van der Waals surface area contributed by atoms with Crippen molar-refractivity contribution in [3.05, 3.63) is 46.9 Å². The Labute approximate surface area is 149 Å². The summed E-state index contributed by atoms with van der Waals surface area (Å²) in [6.45, 7) is 4.24. The van der Waals surface area contributed by atoms with Crippen LogP contribution in [0.3, 0.4) is 0 Å². The van der Waals surface area contributed by atoms with E-state index in [0.29, 0.717) is 11.4 Å². The number of nitrogens with one attached hydrogen (secondary N) is 1. The van der Waals surface area contributed by atoms with Crippen LogP contribution < -0.4 is 10.1 Å². The number of hydrogen-bond donors (Lipinski definition) is 2. The van der Waals surface area contributed by atoms with E-state index >= 15 is 0 Å². The number of ketones is 1. The lowest BCUT2D eigenvalue weighted by molar-refractivity contribution is -0.155. The molecule has 0 saturated carbocycles. The lowest BCUT2D eigenvalue weighted by Gasteiger charge is -2.18. The predicted molar refractivity (Wildman–Crippen MR) is 90.1 cm³/mol. The molecule has 1 heterocycles. The highest BCUT2D eigenvalue weighted by molar-refractivity contribution is 6.23. The first kappa shape index (κ1) is 18.9. The van der Waals surface area contributed by atoms with Crippen molar-refractivity contribution in [2.45, 2.75) is 27.2 Å². The van der Waals surface area contributed by atoms with Gasteiger partial charge in [0.25, 0.3) is 0 Å². The Kier molecular flexibility index (Phi) is 5.56. The number of aliphatic hydroxyl groups is 1. The predicted octanol–water partition coefficient (Wildman–Crippen LogP) is 2.17. The topological polar surface area (TPSA) is 119 Å². The highest BCUT2D eigenvalue weighted by atomic mass is 16.6. The molecule has 1 aromatic rings. The minimum absolute atomic E-state index is 0.178. The van der Waals surface area contributed by atoms with Gasteiger partial charge in [0.05, 0.1) is 0 Å². The fourth-order valence-electron chi connectivity index (χ4n) is 2.23. The van der Waals surface area contributed by atoms with Crippen LogP contribution in [0.1, 0.15) is 27.2 Å². The molecule has 0 radical (unpaired) electrons. The Bertz CT molecular complexity index is 847. The second-order valence-electron chi connectivity index (χ2n) is 5.43. The van der Waals surface area contributed by atoms with Gasteiger partial charge < -0.3 is 19.9 Å². The summed E-state index contributed by atoms with van der Waals surface area (Å²) in [5, 5.41) is 13.0. The molecule has 0 spiro atoms. The number of anilines is 1. The molecule has 0 unspecified atom stereocenters. The number of hydrogen-bond acceptors (Lipinski definition) is 8. The van der Waals surface area contributed by atoms with Crippen LogP contribution in [0.5, 0.6) is 5.75 Å². The Morgan fingerprint density at radius 3 is 2.27 bits per heavy atom. The molecular weight excluding hydrogens is 342 g/mol. The average molecular weight is 359 g/mol. The Balaban J connectivity index is 2.30. The van der Waals surface area contributed by atoms with E-state index < -0.39 is 29.1 Å². The van der Waals surface area contributed by atoms with E-state index in [4.69, 9.17) is 4.74 Å². The van der Waals surface area contributed by atoms with Gasteiger partial charge in [0.1, 0.15) is 22.7 Å². The number of allylic oxidation sites excluding steroid dienone is 1. The van der Waals surface area contributed by atoms with Gasteiger partial charge in [-0.3, -0.25) is 9.59 Å². The number of carbonyl (C=O) groups excluding carboxylic acids is 4. The third-order valence-electron chi connectivity index (χ3n) is 3.50. The van der Waals surface area contributed by atoms with Gasteiger partial charge in [-0.15, -0.1) is 0 Å². The number of carbonyl (C=O) groups is 4. The molecule has 1 aliphatic heterocycles. The van der Waals surface area contributed by atoms with Crippen molar-refractivity contribution in [2.24, 2.45) is 0 Å². The van der Waals surface area contributed by atoms with Crippen molar-refractivity contribution < 1.29 is 33.8 Å². The second-order valence-corrected chi connectivity index (χ2v) is 5.43. The first-order valence-electron chi connectivity index (χ1n) is 7.74. The SMILES string of the molecule is CCC(=O)Oc1ccc(NC(C)=C2C(=O)OC(=O)C(C(C)=O)=C2O)cc1. The molecule has 26 heavy (non-hydrogen) atoms. The van der Waals surface area contributed by atoms with Crippen LogP contribution in [0, 0.1) is 0 Å². The number of esters is 3. The zero-order valence-corrected chi connectivity index (χ0v) is 14.4. The van der Waals surface area contributed by atoms with Crippen LogP contribution >= 0.6 is 0 Å². The average Bonchev–Trinajstić information content (AvgIpc) is 2.55. The van der Waals surface area contributed by atoms with Gasteiger partial charge >= 0.3 is 17.9 Å². The molecule has 0 atom stereocenters. The number of cyclic esters (lactones) is 2. The fourth-order valence-corrected chi connectivity index (χ4v) is 2.23. The van der Waals surface area contributed by atoms with Crippen molar-refractivity contribution in [1.29, 1.82) is 0 Å². The third-order valence-corrected chi connectivity index (χ3v) is 3.50. The van der Waals surface area contributed by atoms with Crippen LogP contribution in [0.2, 0.25) is 0 Å². The highest BCUT2D eigenvalue weighted by Gasteiger charge is 2.36. The van der Waals surface area contributed by atoms with Crippen molar-refractivity contribution >= 4 is 29.4 Å². The van der Waals surface area contributed by atoms with Crippen LogP contribution in [-0.4, -0.2) is 28.8 Å². The van der Waals surface area contributed by atoms with Gasteiger partial charge in [0.2, 0.25) is 0 Å². The van der Waals surface area contributed by atoms with E-state index in [9.17, 15) is 24.3 Å². The normalized spacial score (nSPS) is 16.1. The molecule has 0 aromatic heterocycles. The lowest BCUT2D eigenvalue weighted by Crippen LogP contribution is -2.29. The van der Waals surface area contributed by atoms with Gasteiger partial charge in [0.15, 0.2) is 5.78 Å². The summed E-state index contributed by atoms with van der Waals surface area (Å²) < 4.78 is 9.56. The summed E-state index contributed by atoms with van der Waals surface area (Å²) in [5.74, 6) is -3.69. The van der Waals surface area contributed by atoms with Crippen LogP contribution in [0.4, 0.5) is 5.69 Å².